The third-order valence-corrected chi connectivity index (χ3v) is 4.16. The molecule has 0 radical (unpaired) electrons. The molecule has 6 nitrogen and oxygen atoms in total. The van der Waals surface area contributed by atoms with Crippen molar-refractivity contribution < 1.29 is 4.74 Å². The molecular weight excluding hydrogens is 384 g/mol. The number of fused-ring (bicyclic) bond motifs is 1. The maximum absolute atomic E-state index is 12.3. The monoisotopic (exact) mass is 396 g/mol. The quantitative estimate of drug-likeness (QED) is 0.573. The van der Waals surface area contributed by atoms with E-state index in [1.165, 1.54) is 10.6 Å². The Bertz CT molecular complexity index is 1070. The number of aromatic amines is 1. The maximum Gasteiger partial charge on any atom is 0.274 e. The molecule has 0 fully saturated rings. The summed E-state index contributed by atoms with van der Waals surface area (Å²) in [5, 5.41) is 2.97. The van der Waals surface area contributed by atoms with Crippen LogP contribution in [0.25, 0.3) is 17.2 Å². The predicted octanol–water partition coefficient (Wildman–Crippen LogP) is 3.43. The molecule has 0 atom stereocenters. The van der Waals surface area contributed by atoms with Crippen LogP contribution >= 0.6 is 15.9 Å². The molecule has 2 heterocycles. The number of rotatable bonds is 4. The fourth-order valence-corrected chi connectivity index (χ4v) is 2.68. The van der Waals surface area contributed by atoms with Crippen molar-refractivity contribution >= 4 is 21.7 Å². The van der Waals surface area contributed by atoms with Gasteiger partial charge in [0.05, 0.1) is 5.69 Å². The molecule has 0 saturated carbocycles. The van der Waals surface area contributed by atoms with Crippen LogP contribution in [0, 0.1) is 0 Å². The second-order valence-electron chi connectivity index (χ2n) is 5.40. The first kappa shape index (κ1) is 15.6. The van der Waals surface area contributed by atoms with Crippen LogP contribution in [0.2, 0.25) is 0 Å². The number of benzene rings is 2. The highest BCUT2D eigenvalue weighted by Crippen LogP contribution is 2.17. The number of hydrogen-bond acceptors (Lipinski definition) is 4. The van der Waals surface area contributed by atoms with E-state index in [0.717, 1.165) is 10.0 Å². The van der Waals surface area contributed by atoms with E-state index in [2.05, 4.69) is 31.0 Å². The lowest BCUT2D eigenvalue weighted by Gasteiger charge is -2.05. The zero-order valence-electron chi connectivity index (χ0n) is 13.0. The van der Waals surface area contributed by atoms with E-state index in [1.54, 1.807) is 0 Å². The lowest BCUT2D eigenvalue weighted by molar-refractivity contribution is 0.301. The molecule has 0 unspecified atom stereocenters. The van der Waals surface area contributed by atoms with Gasteiger partial charge in [-0.2, -0.15) is 9.50 Å². The molecule has 4 rings (SSSR count). The molecule has 4 aromatic rings. The van der Waals surface area contributed by atoms with Gasteiger partial charge in [0, 0.05) is 16.1 Å². The van der Waals surface area contributed by atoms with E-state index in [0.29, 0.717) is 23.0 Å². The molecular formula is C18H13BrN4O2. The van der Waals surface area contributed by atoms with Gasteiger partial charge in [0.2, 0.25) is 0 Å². The summed E-state index contributed by atoms with van der Waals surface area (Å²) in [5.41, 5.74) is 1.19. The van der Waals surface area contributed by atoms with Crippen molar-refractivity contribution in [3.05, 3.63) is 81.2 Å². The minimum absolute atomic E-state index is 0.195. The van der Waals surface area contributed by atoms with E-state index in [4.69, 9.17) is 4.74 Å². The second-order valence-corrected chi connectivity index (χ2v) is 6.32. The Balaban J connectivity index is 1.62. The topological polar surface area (TPSA) is 72.3 Å². The van der Waals surface area contributed by atoms with Gasteiger partial charge in [-0.1, -0.05) is 46.3 Å². The number of ether oxygens (including phenoxy) is 1. The number of nitrogens with one attached hydrogen (secondary N) is 1. The van der Waals surface area contributed by atoms with Crippen molar-refractivity contribution in [3.63, 3.8) is 0 Å². The largest absolute Gasteiger partial charge is 0.487 e. The SMILES string of the molecule is O=c1cc(COc2ccc(Br)cc2)nc2nc(-c3ccccc3)[nH]n12. The zero-order chi connectivity index (χ0) is 17.2. The Hall–Kier alpha value is -2.93. The lowest BCUT2D eigenvalue weighted by Crippen LogP contribution is -2.16. The van der Waals surface area contributed by atoms with E-state index < -0.39 is 0 Å². The van der Waals surface area contributed by atoms with E-state index >= 15 is 0 Å². The van der Waals surface area contributed by atoms with Gasteiger partial charge in [0.25, 0.3) is 11.3 Å². The highest BCUT2D eigenvalue weighted by Gasteiger charge is 2.09. The van der Waals surface area contributed by atoms with Gasteiger partial charge in [-0.3, -0.25) is 9.89 Å². The summed E-state index contributed by atoms with van der Waals surface area (Å²) in [4.78, 5) is 21.1. The molecule has 0 aliphatic heterocycles. The highest BCUT2D eigenvalue weighted by molar-refractivity contribution is 9.10. The van der Waals surface area contributed by atoms with Crippen LogP contribution in [0.15, 0.2) is 69.9 Å². The number of hydrogen-bond donors (Lipinski definition) is 1. The van der Waals surface area contributed by atoms with Gasteiger partial charge >= 0.3 is 0 Å². The predicted molar refractivity (Wildman–Crippen MR) is 97.5 cm³/mol. The highest BCUT2D eigenvalue weighted by atomic mass is 79.9. The van der Waals surface area contributed by atoms with Crippen molar-refractivity contribution in [2.24, 2.45) is 0 Å². The standard InChI is InChI=1S/C18H13BrN4O2/c19-13-6-8-15(9-7-13)25-11-14-10-16(24)23-18(20-14)21-17(22-23)12-4-2-1-3-5-12/h1-10H,11H2,(H,20,21,22). The number of halogens is 1. The van der Waals surface area contributed by atoms with Gasteiger partial charge in [0.1, 0.15) is 12.4 Å². The molecule has 25 heavy (non-hydrogen) atoms. The Labute approximate surface area is 151 Å². The van der Waals surface area contributed by atoms with Crippen molar-refractivity contribution in [1.82, 2.24) is 19.6 Å². The molecule has 1 N–H and O–H groups in total. The molecule has 2 aromatic heterocycles. The van der Waals surface area contributed by atoms with Gasteiger partial charge in [-0.25, -0.2) is 4.98 Å². The minimum Gasteiger partial charge on any atom is -0.487 e. The van der Waals surface area contributed by atoms with E-state index in [-0.39, 0.29) is 12.2 Å². The fourth-order valence-electron chi connectivity index (χ4n) is 2.41. The van der Waals surface area contributed by atoms with Crippen LogP contribution in [0.1, 0.15) is 5.69 Å². The van der Waals surface area contributed by atoms with Crippen LogP contribution in [0.5, 0.6) is 5.75 Å². The summed E-state index contributed by atoms with van der Waals surface area (Å²) in [7, 11) is 0. The molecule has 0 aliphatic carbocycles. The van der Waals surface area contributed by atoms with Crippen LogP contribution in [-0.2, 0) is 6.61 Å². The molecule has 124 valence electrons. The van der Waals surface area contributed by atoms with E-state index in [9.17, 15) is 4.79 Å². The normalized spacial score (nSPS) is 10.9. The number of H-pyrrole nitrogens is 1. The van der Waals surface area contributed by atoms with Gasteiger partial charge in [-0.15, -0.1) is 0 Å². The summed E-state index contributed by atoms with van der Waals surface area (Å²) >= 11 is 3.38. The average Bonchev–Trinajstić information content (AvgIpc) is 3.07. The van der Waals surface area contributed by atoms with Crippen molar-refractivity contribution in [3.8, 4) is 17.1 Å². The van der Waals surface area contributed by atoms with Gasteiger partial charge in [-0.05, 0) is 24.3 Å². The Morgan fingerprint density at radius 3 is 2.56 bits per heavy atom. The van der Waals surface area contributed by atoms with E-state index in [1.807, 2.05) is 54.6 Å². The summed E-state index contributed by atoms with van der Waals surface area (Å²) in [5.74, 6) is 1.62. The lowest BCUT2D eigenvalue weighted by atomic mass is 10.2. The van der Waals surface area contributed by atoms with Crippen molar-refractivity contribution in [2.75, 3.05) is 0 Å². The average molecular weight is 397 g/mol. The molecule has 0 saturated heterocycles. The molecule has 7 heteroatoms. The third kappa shape index (κ3) is 3.32. The van der Waals surface area contributed by atoms with Crippen LogP contribution in [-0.4, -0.2) is 19.6 Å². The first-order chi connectivity index (χ1) is 12.2. The summed E-state index contributed by atoms with van der Waals surface area (Å²) in [6, 6.07) is 18.5. The molecule has 0 spiro atoms. The maximum atomic E-state index is 12.3. The van der Waals surface area contributed by atoms with Crippen LogP contribution in [0.4, 0.5) is 0 Å². The minimum atomic E-state index is -0.228. The van der Waals surface area contributed by atoms with Crippen molar-refractivity contribution in [1.29, 1.82) is 0 Å². The molecule has 0 aliphatic rings. The Morgan fingerprint density at radius 1 is 1.04 bits per heavy atom. The summed E-state index contributed by atoms with van der Waals surface area (Å²) in [6.07, 6.45) is 0. The smallest absolute Gasteiger partial charge is 0.274 e. The zero-order valence-corrected chi connectivity index (χ0v) is 14.6. The van der Waals surface area contributed by atoms with Gasteiger partial charge in [0.15, 0.2) is 5.82 Å². The van der Waals surface area contributed by atoms with Crippen LogP contribution < -0.4 is 10.3 Å². The van der Waals surface area contributed by atoms with Gasteiger partial charge < -0.3 is 4.74 Å². The number of aromatic nitrogens is 4. The number of nitrogens with zero attached hydrogens (tertiary/aromatic N) is 3. The Morgan fingerprint density at radius 2 is 1.80 bits per heavy atom. The molecule has 2 aromatic carbocycles. The molecule has 0 bridgehead atoms. The molecule has 0 amide bonds. The second kappa shape index (κ2) is 6.52. The Kier molecular flexibility index (Phi) is 4.07. The van der Waals surface area contributed by atoms with Crippen molar-refractivity contribution in [2.45, 2.75) is 6.61 Å². The summed E-state index contributed by atoms with van der Waals surface area (Å²) in [6.45, 7) is 0.195. The summed E-state index contributed by atoms with van der Waals surface area (Å²) < 4.78 is 7.97. The fraction of sp³-hybridized carbons (Fsp3) is 0.0556. The first-order valence-electron chi connectivity index (χ1n) is 7.61. The van der Waals surface area contributed by atoms with Crippen LogP contribution in [0.3, 0.4) is 0 Å². The first-order valence-corrected chi connectivity index (χ1v) is 8.41. The third-order valence-electron chi connectivity index (χ3n) is 3.63.